The van der Waals surface area contributed by atoms with Crippen LogP contribution < -0.4 is 10.6 Å². The van der Waals surface area contributed by atoms with E-state index in [1.54, 1.807) is 23.9 Å². The number of likely N-dealkylation sites (N-methyl/N-ethyl adjacent to an activating group) is 2. The third kappa shape index (κ3) is 2.67. The van der Waals surface area contributed by atoms with Gasteiger partial charge in [-0.3, -0.25) is 29.0 Å². The van der Waals surface area contributed by atoms with Crippen LogP contribution in [0.15, 0.2) is 48.5 Å². The lowest BCUT2D eigenvalue weighted by Crippen LogP contribution is -2.79. The number of fused-ring (bicyclic) bond motifs is 11. The first-order valence-electron chi connectivity index (χ1n) is 16.8. The van der Waals surface area contributed by atoms with Crippen LogP contribution in [0.2, 0.25) is 0 Å². The predicted molar refractivity (Wildman–Crippen MR) is 193 cm³/mol. The molecule has 0 aliphatic carbocycles. The van der Waals surface area contributed by atoms with Crippen molar-refractivity contribution in [2.75, 3.05) is 24.7 Å². The Morgan fingerprint density at radius 2 is 0.960 bits per heavy atom. The van der Waals surface area contributed by atoms with Crippen LogP contribution in [0.1, 0.15) is 38.8 Å². The number of hydrogen-bond acceptors (Lipinski definition) is 12. The molecule has 50 heavy (non-hydrogen) atoms. The van der Waals surface area contributed by atoms with E-state index in [0.717, 1.165) is 0 Å². The van der Waals surface area contributed by atoms with Crippen LogP contribution >= 0.6 is 43.2 Å². The summed E-state index contributed by atoms with van der Waals surface area (Å²) in [5, 5.41) is 34.2. The number of nitrogens with one attached hydrogen (secondary N) is 2. The lowest BCUT2D eigenvalue weighted by molar-refractivity contribution is -0.169. The highest BCUT2D eigenvalue weighted by Gasteiger charge is 2.93. The summed E-state index contributed by atoms with van der Waals surface area (Å²) in [7, 11) is 8.25. The molecule has 10 aliphatic rings. The first kappa shape index (κ1) is 31.9. The smallest absolute Gasteiger partial charge is 0.264 e. The number of hydrogen-bond donors (Lipinski definition) is 4. The number of piperazine rings is 2. The minimum atomic E-state index is -1.78. The first-order chi connectivity index (χ1) is 23.7. The fourth-order valence-corrected chi connectivity index (χ4v) is 19.4. The Morgan fingerprint density at radius 1 is 0.600 bits per heavy atom. The third-order valence-electron chi connectivity index (χ3n) is 13.1. The standard InChI is InChI=1S/C34H36N6O6S4/c1-15(2)31-27(45)39-23-29(17-11-7-9-13-19(17)35-23,21(41)33(39,49-47-31)25(43)37(31)5)30-18-12-8-10-14-20(18)36-24(30)40-28(46)32(16(3)4)38(6)26(44)34(40,22(30)42)50-48-32/h7-16,21-24,35-36,41-42H,1-6H3/t21-,22-,23?,24?,29-,30+,31+,32+,33?,34?/m0/s1. The fourth-order valence-electron chi connectivity index (χ4n) is 11.0. The van der Waals surface area contributed by atoms with E-state index in [9.17, 15) is 19.8 Å². The normalized spacial score (nSPS) is 44.4. The van der Waals surface area contributed by atoms with Gasteiger partial charge in [0.05, 0.1) is 10.8 Å². The van der Waals surface area contributed by atoms with Gasteiger partial charge in [-0.05, 0) is 56.7 Å². The molecule has 2 spiro atoms. The summed E-state index contributed by atoms with van der Waals surface area (Å²) in [6.45, 7) is 7.66. The van der Waals surface area contributed by atoms with Gasteiger partial charge in [-0.15, -0.1) is 0 Å². The third-order valence-corrected chi connectivity index (χ3v) is 20.9. The summed E-state index contributed by atoms with van der Waals surface area (Å²) in [4.78, 5) is 60.2. The Labute approximate surface area is 304 Å². The van der Waals surface area contributed by atoms with Gasteiger partial charge in [0.1, 0.15) is 24.5 Å². The van der Waals surface area contributed by atoms with E-state index in [1.807, 2.05) is 76.2 Å². The Bertz CT molecular complexity index is 1870. The maximum absolute atomic E-state index is 15.2. The molecule has 16 heteroatoms. The molecule has 4 unspecified atom stereocenters. The summed E-state index contributed by atoms with van der Waals surface area (Å²) in [6, 6.07) is 14.9. The Hall–Kier alpha value is -2.76. The van der Waals surface area contributed by atoms with Crippen LogP contribution in [0.4, 0.5) is 11.4 Å². The Morgan fingerprint density at radius 3 is 1.32 bits per heavy atom. The van der Waals surface area contributed by atoms with Crippen molar-refractivity contribution in [3.05, 3.63) is 59.7 Å². The molecule has 10 atom stereocenters. The molecule has 2 aromatic carbocycles. The summed E-state index contributed by atoms with van der Waals surface area (Å²) >= 11 is 0. The van der Waals surface area contributed by atoms with E-state index >= 15 is 9.59 Å². The number of carbonyl (C=O) groups is 4. The van der Waals surface area contributed by atoms with Crippen molar-refractivity contribution >= 4 is 78.2 Å². The van der Waals surface area contributed by atoms with Gasteiger partial charge >= 0.3 is 0 Å². The molecule has 12 nitrogen and oxygen atoms in total. The van der Waals surface area contributed by atoms with E-state index in [2.05, 4.69) is 10.6 Å². The molecule has 2 aromatic rings. The Balaban J connectivity index is 1.33. The monoisotopic (exact) mass is 752 g/mol. The van der Waals surface area contributed by atoms with Crippen LogP contribution in [0.25, 0.3) is 0 Å². The molecule has 4 amide bonds. The maximum atomic E-state index is 15.2. The van der Waals surface area contributed by atoms with Crippen molar-refractivity contribution in [3.8, 4) is 0 Å². The van der Waals surface area contributed by atoms with Crippen molar-refractivity contribution in [2.24, 2.45) is 11.8 Å². The van der Waals surface area contributed by atoms with Gasteiger partial charge in [0, 0.05) is 25.5 Å². The highest BCUT2D eigenvalue weighted by Crippen LogP contribution is 2.79. The molecule has 4 N–H and O–H groups in total. The van der Waals surface area contributed by atoms with E-state index in [1.165, 1.54) is 53.0 Å². The first-order valence-corrected chi connectivity index (χ1v) is 21.1. The lowest BCUT2D eigenvalue weighted by Gasteiger charge is -2.60. The van der Waals surface area contributed by atoms with Crippen LogP contribution in [0.3, 0.4) is 0 Å². The largest absolute Gasteiger partial charge is 0.388 e. The summed E-state index contributed by atoms with van der Waals surface area (Å²) in [5.74, 6) is -1.97. The Kier molecular flexibility index (Phi) is 5.90. The van der Waals surface area contributed by atoms with Gasteiger partial charge in [0.25, 0.3) is 23.6 Å². The van der Waals surface area contributed by atoms with Gasteiger partial charge in [0.2, 0.25) is 9.74 Å². The molecule has 10 aliphatic heterocycles. The number of anilines is 2. The number of nitrogens with zero attached hydrogens (tertiary/aromatic N) is 4. The highest BCUT2D eigenvalue weighted by molar-refractivity contribution is 8.78. The quantitative estimate of drug-likeness (QED) is 0.342. The van der Waals surface area contributed by atoms with Gasteiger partial charge in [-0.1, -0.05) is 85.7 Å². The highest BCUT2D eigenvalue weighted by atomic mass is 33.1. The topological polar surface area (TPSA) is 146 Å². The zero-order valence-electron chi connectivity index (χ0n) is 28.0. The molecule has 262 valence electrons. The average Bonchev–Trinajstić information content (AvgIpc) is 3.74. The zero-order valence-corrected chi connectivity index (χ0v) is 31.3. The molecule has 0 radical (unpaired) electrons. The van der Waals surface area contributed by atoms with E-state index in [-0.39, 0.29) is 23.7 Å². The van der Waals surface area contributed by atoms with E-state index < -0.39 is 66.7 Å². The molecular weight excluding hydrogens is 717 g/mol. The van der Waals surface area contributed by atoms with Gasteiger partial charge in [-0.25, -0.2) is 0 Å². The number of aliphatic hydroxyl groups is 2. The predicted octanol–water partition coefficient (Wildman–Crippen LogP) is 2.60. The molecule has 0 saturated carbocycles. The number of para-hydroxylation sites is 2. The summed E-state index contributed by atoms with van der Waals surface area (Å²) < 4.78 is 0. The van der Waals surface area contributed by atoms with Crippen molar-refractivity contribution < 1.29 is 29.4 Å². The minimum Gasteiger partial charge on any atom is -0.388 e. The molecule has 12 rings (SSSR count). The second-order valence-corrected chi connectivity index (χ2v) is 20.4. The van der Waals surface area contributed by atoms with Gasteiger partial charge in [0.15, 0.2) is 9.74 Å². The summed E-state index contributed by atoms with van der Waals surface area (Å²) in [5.41, 5.74) is -0.799. The second-order valence-electron chi connectivity index (χ2n) is 15.2. The molecular formula is C34H36N6O6S4. The maximum Gasteiger partial charge on any atom is 0.264 e. The number of benzene rings is 2. The molecule has 10 heterocycles. The van der Waals surface area contributed by atoms with Crippen molar-refractivity contribution in [2.45, 2.75) is 82.5 Å². The average molecular weight is 753 g/mol. The lowest BCUT2D eigenvalue weighted by atomic mass is 9.52. The van der Waals surface area contributed by atoms with E-state index in [4.69, 9.17) is 0 Å². The van der Waals surface area contributed by atoms with Gasteiger partial charge in [-0.2, -0.15) is 0 Å². The molecule has 0 aromatic heterocycles. The van der Waals surface area contributed by atoms with Crippen molar-refractivity contribution in [3.63, 3.8) is 0 Å². The zero-order chi connectivity index (χ0) is 35.3. The number of amides is 4. The minimum absolute atomic E-state index is 0.276. The summed E-state index contributed by atoms with van der Waals surface area (Å²) in [6.07, 6.45) is -5.27. The van der Waals surface area contributed by atoms with Gasteiger partial charge < -0.3 is 30.6 Å². The van der Waals surface area contributed by atoms with Crippen LogP contribution in [0.5, 0.6) is 0 Å². The van der Waals surface area contributed by atoms with Crippen LogP contribution in [-0.4, -0.2) is 112 Å². The van der Waals surface area contributed by atoms with Crippen LogP contribution in [-0.2, 0) is 30.0 Å². The SMILES string of the molecule is CC(C)[C@]12SSC3(C(=O)N1C)[C@@H](O)[C@]1([C@]45c6ccccc6NC4N4C(=O)[C@@]6(C(C)C)SSC4(C(=O)N6C)[C@H]5O)c4ccccc4NC1N3C2=O. The molecule has 8 fully saturated rings. The number of rotatable bonds is 3. The second kappa shape index (κ2) is 9.23. The van der Waals surface area contributed by atoms with E-state index in [0.29, 0.717) is 22.5 Å². The number of aliphatic hydroxyl groups excluding tert-OH is 2. The molecule has 4 bridgehead atoms. The fraction of sp³-hybridized carbons (Fsp3) is 0.529. The number of carbonyl (C=O) groups excluding carboxylic acids is 4. The van der Waals surface area contributed by atoms with Crippen molar-refractivity contribution in [1.82, 2.24) is 19.6 Å². The molecule has 8 saturated heterocycles. The van der Waals surface area contributed by atoms with Crippen molar-refractivity contribution in [1.29, 1.82) is 0 Å². The van der Waals surface area contributed by atoms with Crippen LogP contribution in [0, 0.1) is 11.8 Å².